The van der Waals surface area contributed by atoms with Crippen molar-refractivity contribution >= 4 is 17.9 Å². The van der Waals surface area contributed by atoms with Crippen molar-refractivity contribution in [1.82, 2.24) is 4.90 Å². The number of likely N-dealkylation sites (tertiary alicyclic amines) is 1. The van der Waals surface area contributed by atoms with Gasteiger partial charge < -0.3 is 0 Å². The summed E-state index contributed by atoms with van der Waals surface area (Å²) in [4.78, 5) is 15.3. The molecule has 0 N–H and O–H groups in total. The van der Waals surface area contributed by atoms with E-state index in [0.717, 1.165) is 22.3 Å². The van der Waals surface area contributed by atoms with E-state index < -0.39 is 0 Å². The minimum atomic E-state index is 0.0469. The van der Waals surface area contributed by atoms with Gasteiger partial charge in [-0.2, -0.15) is 10.5 Å². The molecule has 0 atom stereocenters. The van der Waals surface area contributed by atoms with Crippen molar-refractivity contribution in [3.63, 3.8) is 0 Å². The highest BCUT2D eigenvalue weighted by Gasteiger charge is 2.27. The molecule has 0 unspecified atom stereocenters. The molecule has 0 bridgehead atoms. The van der Waals surface area contributed by atoms with E-state index >= 15 is 0 Å². The van der Waals surface area contributed by atoms with E-state index in [1.165, 1.54) is 0 Å². The molecule has 3 rings (SSSR count). The lowest BCUT2D eigenvalue weighted by atomic mass is 9.93. The summed E-state index contributed by atoms with van der Waals surface area (Å²) in [5.41, 5.74) is 4.50. The van der Waals surface area contributed by atoms with Crippen LogP contribution in [0, 0.1) is 22.7 Å². The first-order chi connectivity index (χ1) is 13.5. The first-order valence-electron chi connectivity index (χ1n) is 9.20. The first kappa shape index (κ1) is 19.3. The van der Waals surface area contributed by atoms with Crippen LogP contribution in [0.4, 0.5) is 0 Å². The monoisotopic (exact) mass is 367 g/mol. The summed E-state index contributed by atoms with van der Waals surface area (Å²) in [6.45, 7) is 5.44. The minimum absolute atomic E-state index is 0.0469. The molecule has 2 aromatic rings. The molecule has 0 spiro atoms. The smallest absolute Gasteiger partial charge is 0.187 e. The van der Waals surface area contributed by atoms with E-state index in [9.17, 15) is 4.79 Å². The molecule has 138 valence electrons. The van der Waals surface area contributed by atoms with E-state index in [1.807, 2.05) is 36.4 Å². The Morgan fingerprint density at radius 1 is 0.821 bits per heavy atom. The van der Waals surface area contributed by atoms with Crippen LogP contribution < -0.4 is 0 Å². The molecule has 4 nitrogen and oxygen atoms in total. The summed E-state index contributed by atoms with van der Waals surface area (Å²) in [6, 6.07) is 19.0. The molecule has 0 radical (unpaired) electrons. The molecule has 1 fully saturated rings. The number of nitriles is 2. The van der Waals surface area contributed by atoms with Crippen LogP contribution in [0.1, 0.15) is 36.1 Å². The number of Topliss-reactive ketones (excluding diaryl/α,β-unsaturated/α-hetero) is 1. The van der Waals surface area contributed by atoms with Gasteiger partial charge in [0.15, 0.2) is 5.78 Å². The number of hydrogen-bond acceptors (Lipinski definition) is 4. The number of benzene rings is 2. The molecule has 1 aliphatic rings. The van der Waals surface area contributed by atoms with Gasteiger partial charge in [0.2, 0.25) is 0 Å². The fourth-order valence-corrected chi connectivity index (χ4v) is 3.14. The average Bonchev–Trinajstić information content (AvgIpc) is 2.71. The maximum Gasteiger partial charge on any atom is 0.187 e. The molecule has 1 aliphatic heterocycles. The molecule has 4 heteroatoms. The van der Waals surface area contributed by atoms with Crippen molar-refractivity contribution in [2.75, 3.05) is 13.1 Å². The van der Waals surface area contributed by atoms with Crippen molar-refractivity contribution in [3.8, 4) is 12.1 Å². The van der Waals surface area contributed by atoms with Crippen molar-refractivity contribution in [1.29, 1.82) is 10.5 Å². The van der Waals surface area contributed by atoms with Gasteiger partial charge in [-0.3, -0.25) is 9.69 Å². The number of carbonyl (C=O) groups excluding carboxylic acids is 1. The summed E-state index contributed by atoms with van der Waals surface area (Å²) in [5.74, 6) is 0.0469. The maximum absolute atomic E-state index is 13.1. The van der Waals surface area contributed by atoms with Crippen molar-refractivity contribution < 1.29 is 4.79 Å². The van der Waals surface area contributed by atoms with Crippen molar-refractivity contribution in [3.05, 3.63) is 81.9 Å². The molecule has 0 aromatic heterocycles. The topological polar surface area (TPSA) is 67.9 Å². The second-order valence-corrected chi connectivity index (χ2v) is 7.13. The number of nitrogens with zero attached hydrogens (tertiary/aromatic N) is 3. The zero-order valence-corrected chi connectivity index (χ0v) is 16.0. The summed E-state index contributed by atoms with van der Waals surface area (Å²) < 4.78 is 0. The van der Waals surface area contributed by atoms with Gasteiger partial charge in [0.1, 0.15) is 0 Å². The molecule has 0 amide bonds. The van der Waals surface area contributed by atoms with E-state index in [2.05, 4.69) is 30.9 Å². The highest BCUT2D eigenvalue weighted by atomic mass is 16.1. The van der Waals surface area contributed by atoms with E-state index in [-0.39, 0.29) is 5.78 Å². The lowest BCUT2D eigenvalue weighted by molar-refractivity contribution is -0.113. The second-order valence-electron chi connectivity index (χ2n) is 7.13. The Balaban J connectivity index is 1.95. The van der Waals surface area contributed by atoms with E-state index in [1.54, 1.807) is 24.3 Å². The number of rotatable bonds is 3. The zero-order valence-electron chi connectivity index (χ0n) is 16.0. The Kier molecular flexibility index (Phi) is 5.84. The molecule has 28 heavy (non-hydrogen) atoms. The van der Waals surface area contributed by atoms with Crippen LogP contribution in [0.3, 0.4) is 0 Å². The van der Waals surface area contributed by atoms with Crippen molar-refractivity contribution in [2.45, 2.75) is 19.9 Å². The quantitative estimate of drug-likeness (QED) is 0.763. The number of carbonyl (C=O) groups is 1. The summed E-state index contributed by atoms with van der Waals surface area (Å²) >= 11 is 0. The summed E-state index contributed by atoms with van der Waals surface area (Å²) in [6.07, 6.45) is 3.81. The van der Waals surface area contributed by atoms with E-state index in [0.29, 0.717) is 30.3 Å². The van der Waals surface area contributed by atoms with Gasteiger partial charge >= 0.3 is 0 Å². The molecule has 1 saturated heterocycles. The van der Waals surface area contributed by atoms with Crippen LogP contribution in [0.25, 0.3) is 12.2 Å². The normalized spacial score (nSPS) is 17.7. The molecular formula is C24H21N3O. The van der Waals surface area contributed by atoms with Gasteiger partial charge in [-0.15, -0.1) is 0 Å². The van der Waals surface area contributed by atoms with Crippen LogP contribution >= 0.6 is 0 Å². The van der Waals surface area contributed by atoms with Crippen molar-refractivity contribution in [2.24, 2.45) is 0 Å². The van der Waals surface area contributed by atoms with Crippen LogP contribution in [0.5, 0.6) is 0 Å². The van der Waals surface area contributed by atoms with Crippen LogP contribution in [-0.4, -0.2) is 29.8 Å². The molecule has 2 aromatic carbocycles. The fraction of sp³-hybridized carbons (Fsp3) is 0.208. The zero-order chi connectivity index (χ0) is 20.1. The van der Waals surface area contributed by atoms with Crippen LogP contribution in [0.15, 0.2) is 59.7 Å². The van der Waals surface area contributed by atoms with Gasteiger partial charge in [-0.05, 0) is 61.4 Å². The fourth-order valence-electron chi connectivity index (χ4n) is 3.14. The van der Waals surface area contributed by atoms with Crippen LogP contribution in [0.2, 0.25) is 0 Å². The number of piperidine rings is 1. The Hall–Kier alpha value is -3.47. The SMILES string of the molecule is CC(C)N1CC(=Cc2ccc(C#N)cc2)C(=O)C(=Cc2ccc(C#N)cc2)C1. The highest BCUT2D eigenvalue weighted by molar-refractivity contribution is 6.14. The molecule has 0 saturated carbocycles. The maximum atomic E-state index is 13.1. The highest BCUT2D eigenvalue weighted by Crippen LogP contribution is 2.23. The Bertz CT molecular complexity index is 934. The predicted molar refractivity (Wildman–Crippen MR) is 110 cm³/mol. The number of hydrogen-bond donors (Lipinski definition) is 0. The van der Waals surface area contributed by atoms with E-state index in [4.69, 9.17) is 10.5 Å². The predicted octanol–water partition coefficient (Wildman–Crippen LogP) is 4.19. The Morgan fingerprint density at radius 2 is 1.21 bits per heavy atom. The third-order valence-corrected chi connectivity index (χ3v) is 4.82. The van der Waals surface area contributed by atoms with Gasteiger partial charge in [0.05, 0.1) is 23.3 Å². The number of ketones is 1. The summed E-state index contributed by atoms with van der Waals surface area (Å²) in [5, 5.41) is 17.9. The lowest BCUT2D eigenvalue weighted by Crippen LogP contribution is -2.41. The van der Waals surface area contributed by atoms with Crippen LogP contribution in [-0.2, 0) is 4.79 Å². The third-order valence-electron chi connectivity index (χ3n) is 4.82. The third kappa shape index (κ3) is 4.43. The van der Waals surface area contributed by atoms with Gasteiger partial charge in [0.25, 0.3) is 0 Å². The molecule has 0 aliphatic carbocycles. The lowest BCUT2D eigenvalue weighted by Gasteiger charge is -2.32. The standard InChI is InChI=1S/C24H21N3O/c1-17(2)27-15-22(11-18-3-7-20(13-25)8-4-18)24(28)23(16-27)12-19-5-9-21(14-26)10-6-19/h3-12,17H,15-16H2,1-2H3. The van der Waals surface area contributed by atoms with Gasteiger partial charge in [-0.1, -0.05) is 24.3 Å². The average molecular weight is 367 g/mol. The largest absolute Gasteiger partial charge is 0.292 e. The molecule has 1 heterocycles. The Labute approximate surface area is 165 Å². The minimum Gasteiger partial charge on any atom is -0.292 e. The van der Waals surface area contributed by atoms with Gasteiger partial charge in [0, 0.05) is 30.3 Å². The van der Waals surface area contributed by atoms with Gasteiger partial charge in [-0.25, -0.2) is 0 Å². The molecular weight excluding hydrogens is 346 g/mol. The first-order valence-corrected chi connectivity index (χ1v) is 9.20. The Morgan fingerprint density at radius 3 is 1.54 bits per heavy atom. The second kappa shape index (κ2) is 8.48. The summed E-state index contributed by atoms with van der Waals surface area (Å²) in [7, 11) is 0.